The van der Waals surface area contributed by atoms with Gasteiger partial charge in [-0.15, -0.1) is 0 Å². The summed E-state index contributed by atoms with van der Waals surface area (Å²) < 4.78 is 0. The Morgan fingerprint density at radius 1 is 0.246 bits per heavy atom. The molecule has 0 amide bonds. The monoisotopic (exact) mass is 882 g/mol. The Balaban J connectivity index is 0.996. The molecule has 1 spiro atoms. The van der Waals surface area contributed by atoms with Crippen molar-refractivity contribution >= 4 is 34.1 Å². The van der Waals surface area contributed by atoms with Crippen molar-refractivity contribution in [3.8, 4) is 44.5 Å². The molecule has 0 radical (unpaired) electrons. The van der Waals surface area contributed by atoms with E-state index >= 15 is 0 Å². The molecule has 0 bridgehead atoms. The summed E-state index contributed by atoms with van der Waals surface area (Å²) in [6, 6.07) is 86.7. The van der Waals surface area contributed by atoms with Crippen LogP contribution in [0.15, 0.2) is 231 Å². The molecule has 0 saturated heterocycles. The third kappa shape index (κ3) is 5.37. The van der Waals surface area contributed by atoms with Crippen molar-refractivity contribution in [2.24, 2.45) is 0 Å². The van der Waals surface area contributed by atoms with E-state index in [9.17, 15) is 0 Å². The molecule has 0 aliphatic heterocycles. The molecular weight excluding hydrogens is 833 g/mol. The van der Waals surface area contributed by atoms with Gasteiger partial charge in [-0.05, 0) is 150 Å². The Labute approximate surface area is 405 Å². The highest BCUT2D eigenvalue weighted by atomic mass is 15.2. The van der Waals surface area contributed by atoms with Crippen LogP contribution in [0.25, 0.3) is 44.5 Å². The van der Waals surface area contributed by atoms with Crippen LogP contribution in [0.5, 0.6) is 0 Å². The molecule has 328 valence electrons. The number of hydrogen-bond acceptors (Lipinski definition) is 2. The lowest BCUT2D eigenvalue weighted by Crippen LogP contribution is -2.26. The highest BCUT2D eigenvalue weighted by Gasteiger charge is 2.53. The molecule has 2 heteroatoms. The maximum absolute atomic E-state index is 2.52. The first-order chi connectivity index (χ1) is 33.8. The minimum atomic E-state index is -0.572. The van der Waals surface area contributed by atoms with E-state index < -0.39 is 5.41 Å². The lowest BCUT2D eigenvalue weighted by molar-refractivity contribution is 0.660. The molecule has 4 aliphatic rings. The number of hydrogen-bond donors (Lipinski definition) is 0. The van der Waals surface area contributed by atoms with Crippen molar-refractivity contribution in [1.29, 1.82) is 0 Å². The van der Waals surface area contributed by atoms with Crippen LogP contribution >= 0.6 is 0 Å². The van der Waals surface area contributed by atoms with Crippen LogP contribution in [0.1, 0.15) is 72.2 Å². The summed E-state index contributed by atoms with van der Waals surface area (Å²) in [5.74, 6) is 0. The average Bonchev–Trinajstić information content (AvgIpc) is 4.02. The molecule has 14 rings (SSSR count). The van der Waals surface area contributed by atoms with E-state index in [1.54, 1.807) is 0 Å². The standard InChI is InChI=1S/C67H50N2/c1-65(2)55-28-15-11-24-48(55)51-37-34-45(40-60(51)65)68(43-20-7-5-8-21-43)46-35-39-53-50-26-13-17-30-57(50)67(62(53)42-46)58-31-18-14-27-54(58)64-59(67)32-19-33-63(64)69(44-22-9-6-10-23-44)47-36-38-52-49-25-12-16-29-56(49)66(3,4)61(52)41-47/h5-42H,1-4H3. The van der Waals surface area contributed by atoms with Gasteiger partial charge in [-0.2, -0.15) is 0 Å². The number of benzene rings is 10. The molecular formula is C67H50N2. The molecule has 10 aromatic carbocycles. The largest absolute Gasteiger partial charge is 0.310 e. The normalized spacial score (nSPS) is 16.4. The van der Waals surface area contributed by atoms with Crippen LogP contribution in [0.4, 0.5) is 34.1 Å². The second-order valence-corrected chi connectivity index (χ2v) is 20.4. The van der Waals surface area contributed by atoms with Crippen molar-refractivity contribution < 1.29 is 0 Å². The molecule has 1 atom stereocenters. The topological polar surface area (TPSA) is 6.48 Å². The Kier molecular flexibility index (Phi) is 8.33. The SMILES string of the molecule is CC1(C)c2ccccc2-c2ccc(N(c3ccccc3)c3ccc4c(c3)C3(c5ccccc5-4)c4ccccc4-c4c(N(c5ccccc5)c5ccc6c(c5)C(C)(C)c5ccccc5-6)cccc43)cc21. The quantitative estimate of drug-likeness (QED) is 0.164. The lowest BCUT2D eigenvalue weighted by atomic mass is 9.70. The second-order valence-electron chi connectivity index (χ2n) is 20.4. The van der Waals surface area contributed by atoms with E-state index in [2.05, 4.69) is 268 Å². The van der Waals surface area contributed by atoms with E-state index in [1.807, 2.05) is 0 Å². The molecule has 10 aromatic rings. The second kappa shape index (κ2) is 14.4. The van der Waals surface area contributed by atoms with Crippen LogP contribution in [-0.2, 0) is 16.2 Å². The summed E-state index contributed by atoms with van der Waals surface area (Å²) in [5.41, 5.74) is 27.2. The summed E-state index contributed by atoms with van der Waals surface area (Å²) in [5, 5.41) is 0. The van der Waals surface area contributed by atoms with Crippen LogP contribution in [-0.4, -0.2) is 0 Å². The van der Waals surface area contributed by atoms with Crippen molar-refractivity contribution in [3.05, 3.63) is 275 Å². The summed E-state index contributed by atoms with van der Waals surface area (Å²) in [6.45, 7) is 9.50. The highest BCUT2D eigenvalue weighted by Crippen LogP contribution is 2.65. The molecule has 0 saturated carbocycles. The van der Waals surface area contributed by atoms with Gasteiger partial charge < -0.3 is 9.80 Å². The first kappa shape index (κ1) is 39.9. The van der Waals surface area contributed by atoms with Gasteiger partial charge in [-0.25, -0.2) is 0 Å². The van der Waals surface area contributed by atoms with Crippen LogP contribution in [0, 0.1) is 0 Å². The Bertz CT molecular complexity index is 3740. The van der Waals surface area contributed by atoms with Gasteiger partial charge in [0.05, 0.1) is 11.1 Å². The molecule has 1 unspecified atom stereocenters. The minimum absolute atomic E-state index is 0.127. The molecule has 2 nitrogen and oxygen atoms in total. The van der Waals surface area contributed by atoms with Crippen LogP contribution in [0.3, 0.4) is 0 Å². The van der Waals surface area contributed by atoms with Gasteiger partial charge in [-0.3, -0.25) is 0 Å². The number of rotatable bonds is 6. The van der Waals surface area contributed by atoms with Crippen LogP contribution < -0.4 is 9.80 Å². The minimum Gasteiger partial charge on any atom is -0.310 e. The lowest BCUT2D eigenvalue weighted by Gasteiger charge is -2.33. The van der Waals surface area contributed by atoms with Gasteiger partial charge >= 0.3 is 0 Å². The van der Waals surface area contributed by atoms with Gasteiger partial charge in [0.2, 0.25) is 0 Å². The Morgan fingerprint density at radius 2 is 0.609 bits per heavy atom. The summed E-state index contributed by atoms with van der Waals surface area (Å²) in [6.07, 6.45) is 0. The van der Waals surface area contributed by atoms with Crippen molar-refractivity contribution in [2.75, 3.05) is 9.80 Å². The Hall–Kier alpha value is -8.20. The van der Waals surface area contributed by atoms with E-state index in [-0.39, 0.29) is 10.8 Å². The number of nitrogens with zero attached hydrogens (tertiary/aromatic N) is 2. The molecule has 0 N–H and O–H groups in total. The first-order valence-electron chi connectivity index (χ1n) is 24.4. The maximum Gasteiger partial charge on any atom is 0.0727 e. The predicted molar refractivity (Wildman–Crippen MR) is 287 cm³/mol. The zero-order valence-electron chi connectivity index (χ0n) is 39.3. The van der Waals surface area contributed by atoms with E-state index in [0.29, 0.717) is 0 Å². The summed E-state index contributed by atoms with van der Waals surface area (Å²) in [4.78, 5) is 4.98. The van der Waals surface area contributed by atoms with Crippen LogP contribution in [0.2, 0.25) is 0 Å². The average molecular weight is 883 g/mol. The number of para-hydroxylation sites is 2. The predicted octanol–water partition coefficient (Wildman–Crippen LogP) is 17.6. The third-order valence-electron chi connectivity index (χ3n) is 16.3. The Morgan fingerprint density at radius 3 is 1.14 bits per heavy atom. The molecule has 69 heavy (non-hydrogen) atoms. The van der Waals surface area contributed by atoms with E-state index in [4.69, 9.17) is 0 Å². The molecule has 4 aliphatic carbocycles. The van der Waals surface area contributed by atoms with Gasteiger partial charge in [-0.1, -0.05) is 191 Å². The van der Waals surface area contributed by atoms with Gasteiger partial charge in [0, 0.05) is 44.8 Å². The number of anilines is 6. The zero-order valence-corrected chi connectivity index (χ0v) is 39.3. The molecule has 0 heterocycles. The molecule has 0 aromatic heterocycles. The fourth-order valence-corrected chi connectivity index (χ4v) is 13.2. The first-order valence-corrected chi connectivity index (χ1v) is 24.4. The summed E-state index contributed by atoms with van der Waals surface area (Å²) >= 11 is 0. The van der Waals surface area contributed by atoms with Gasteiger partial charge in [0.15, 0.2) is 0 Å². The van der Waals surface area contributed by atoms with Gasteiger partial charge in [0.25, 0.3) is 0 Å². The van der Waals surface area contributed by atoms with Crippen molar-refractivity contribution in [1.82, 2.24) is 0 Å². The zero-order chi connectivity index (χ0) is 46.2. The van der Waals surface area contributed by atoms with Crippen molar-refractivity contribution in [3.63, 3.8) is 0 Å². The maximum atomic E-state index is 2.52. The fraction of sp³-hybridized carbons (Fsp3) is 0.104. The van der Waals surface area contributed by atoms with E-state index in [0.717, 1.165) is 28.4 Å². The van der Waals surface area contributed by atoms with Gasteiger partial charge in [0.1, 0.15) is 0 Å². The van der Waals surface area contributed by atoms with E-state index in [1.165, 1.54) is 94.7 Å². The molecule has 0 fully saturated rings. The highest BCUT2D eigenvalue weighted by molar-refractivity contribution is 6.02. The summed E-state index contributed by atoms with van der Waals surface area (Å²) in [7, 11) is 0. The fourth-order valence-electron chi connectivity index (χ4n) is 13.2. The smallest absolute Gasteiger partial charge is 0.0727 e. The van der Waals surface area contributed by atoms with Crippen molar-refractivity contribution in [2.45, 2.75) is 43.9 Å². The third-order valence-corrected chi connectivity index (χ3v) is 16.3. The number of fused-ring (bicyclic) bond motifs is 16.